The highest BCUT2D eigenvalue weighted by molar-refractivity contribution is 9.10. The third-order valence-corrected chi connectivity index (χ3v) is 2.12. The largest absolute Gasteiger partial charge is 0.463 e. The van der Waals surface area contributed by atoms with Gasteiger partial charge in [-0.2, -0.15) is 0 Å². The lowest BCUT2D eigenvalue weighted by Gasteiger charge is -2.09. The molecule has 1 unspecified atom stereocenters. The lowest BCUT2D eigenvalue weighted by Crippen LogP contribution is -2.19. The number of ether oxygens (including phenoxy) is 1. The number of esters is 1. The monoisotopic (exact) mass is 236 g/mol. The highest BCUT2D eigenvalue weighted by Crippen LogP contribution is 2.08. The van der Waals surface area contributed by atoms with Gasteiger partial charge in [0.2, 0.25) is 0 Å². The molecule has 0 aliphatic heterocycles. The van der Waals surface area contributed by atoms with Gasteiger partial charge < -0.3 is 4.74 Å². The fourth-order valence-corrected chi connectivity index (χ4v) is 0.865. The van der Waals surface area contributed by atoms with Crippen LogP contribution in [0.1, 0.15) is 27.2 Å². The van der Waals surface area contributed by atoms with Gasteiger partial charge in [0.15, 0.2) is 0 Å². The predicted octanol–water partition coefficient (Wildman–Crippen LogP) is 1.68. The van der Waals surface area contributed by atoms with Gasteiger partial charge in [-0.25, -0.2) is 0 Å². The maximum absolute atomic E-state index is 11.0. The molecule has 0 heterocycles. The molecule has 0 aromatic heterocycles. The molecule has 0 saturated heterocycles. The van der Waals surface area contributed by atoms with Crippen molar-refractivity contribution in [2.45, 2.75) is 38.1 Å². The zero-order valence-electron chi connectivity index (χ0n) is 7.46. The van der Waals surface area contributed by atoms with E-state index in [9.17, 15) is 9.59 Å². The Hall–Kier alpha value is -0.380. The molecule has 0 saturated carbocycles. The average Bonchev–Trinajstić information content (AvgIpc) is 1.84. The number of hydrogen-bond acceptors (Lipinski definition) is 3. The third kappa shape index (κ3) is 5.29. The molecule has 1 atom stereocenters. The molecule has 12 heavy (non-hydrogen) atoms. The highest BCUT2D eigenvalue weighted by atomic mass is 79.9. The van der Waals surface area contributed by atoms with Crippen molar-refractivity contribution in [2.24, 2.45) is 0 Å². The summed E-state index contributed by atoms with van der Waals surface area (Å²) in [5, 5.41) is 0. The summed E-state index contributed by atoms with van der Waals surface area (Å²) in [5.41, 5.74) is 0. The Kier molecular flexibility index (Phi) is 5.13. The second-order valence-corrected chi connectivity index (χ2v) is 3.93. The number of alkyl halides is 1. The van der Waals surface area contributed by atoms with Gasteiger partial charge in [-0.15, -0.1) is 0 Å². The van der Waals surface area contributed by atoms with Crippen LogP contribution in [0.4, 0.5) is 0 Å². The van der Waals surface area contributed by atoms with E-state index in [0.717, 1.165) is 0 Å². The van der Waals surface area contributed by atoms with Gasteiger partial charge in [-0.3, -0.25) is 9.59 Å². The van der Waals surface area contributed by atoms with Crippen LogP contribution in [0.25, 0.3) is 0 Å². The maximum atomic E-state index is 11.0. The number of halogens is 1. The van der Waals surface area contributed by atoms with Gasteiger partial charge in [0.25, 0.3) is 0 Å². The van der Waals surface area contributed by atoms with Crippen molar-refractivity contribution in [1.29, 1.82) is 0 Å². The minimum absolute atomic E-state index is 0.0595. The molecular weight excluding hydrogens is 224 g/mol. The normalized spacial score (nSPS) is 12.8. The lowest BCUT2D eigenvalue weighted by molar-refractivity contribution is -0.148. The number of hydrogen-bond donors (Lipinski definition) is 0. The summed E-state index contributed by atoms with van der Waals surface area (Å²) in [4.78, 5) is 21.3. The van der Waals surface area contributed by atoms with Crippen LogP contribution in [-0.4, -0.2) is 22.7 Å². The zero-order valence-corrected chi connectivity index (χ0v) is 9.05. The molecule has 0 aromatic rings. The smallest absolute Gasteiger partial charge is 0.307 e. The van der Waals surface area contributed by atoms with E-state index in [1.807, 2.05) is 0 Å². The van der Waals surface area contributed by atoms with Crippen LogP contribution in [-0.2, 0) is 14.3 Å². The van der Waals surface area contributed by atoms with Crippen LogP contribution < -0.4 is 0 Å². The maximum Gasteiger partial charge on any atom is 0.307 e. The van der Waals surface area contributed by atoms with Gasteiger partial charge in [-0.05, 0) is 20.8 Å². The van der Waals surface area contributed by atoms with Crippen molar-refractivity contribution in [3.63, 3.8) is 0 Å². The van der Waals surface area contributed by atoms with E-state index in [1.165, 1.54) is 6.92 Å². The minimum Gasteiger partial charge on any atom is -0.463 e. The Morgan fingerprint density at radius 1 is 1.42 bits per heavy atom. The van der Waals surface area contributed by atoms with Crippen LogP contribution in [0, 0.1) is 0 Å². The molecule has 0 bridgehead atoms. The number of ketones is 1. The summed E-state index contributed by atoms with van der Waals surface area (Å²) in [5.74, 6) is -0.405. The Labute approximate surface area is 80.6 Å². The van der Waals surface area contributed by atoms with Crippen molar-refractivity contribution in [1.82, 2.24) is 0 Å². The van der Waals surface area contributed by atoms with E-state index in [-0.39, 0.29) is 24.3 Å². The van der Waals surface area contributed by atoms with Crippen LogP contribution in [0.3, 0.4) is 0 Å². The first-order valence-corrected chi connectivity index (χ1v) is 4.69. The van der Waals surface area contributed by atoms with E-state index in [2.05, 4.69) is 15.9 Å². The first kappa shape index (κ1) is 11.6. The van der Waals surface area contributed by atoms with Crippen LogP contribution in [0.5, 0.6) is 0 Å². The van der Waals surface area contributed by atoms with Gasteiger partial charge in [-0.1, -0.05) is 15.9 Å². The molecule has 3 nitrogen and oxygen atoms in total. The molecule has 0 spiro atoms. The van der Waals surface area contributed by atoms with Gasteiger partial charge in [0.05, 0.1) is 17.4 Å². The van der Waals surface area contributed by atoms with Crippen molar-refractivity contribution in [2.75, 3.05) is 0 Å². The first-order valence-electron chi connectivity index (χ1n) is 3.77. The molecule has 0 amide bonds. The van der Waals surface area contributed by atoms with Gasteiger partial charge >= 0.3 is 5.97 Å². The zero-order chi connectivity index (χ0) is 9.72. The number of carbonyl (C=O) groups is 2. The molecular formula is C8H13BrO3. The summed E-state index contributed by atoms with van der Waals surface area (Å²) in [6.45, 7) is 4.98. The molecule has 4 heteroatoms. The topological polar surface area (TPSA) is 43.4 Å². The molecule has 0 fully saturated rings. The van der Waals surface area contributed by atoms with Gasteiger partial charge in [0.1, 0.15) is 5.78 Å². The Balaban J connectivity index is 3.77. The minimum atomic E-state index is -0.413. The fraction of sp³-hybridized carbons (Fsp3) is 0.750. The highest BCUT2D eigenvalue weighted by Gasteiger charge is 2.16. The van der Waals surface area contributed by atoms with Crippen molar-refractivity contribution >= 4 is 27.7 Å². The van der Waals surface area contributed by atoms with E-state index in [1.54, 1.807) is 13.8 Å². The summed E-state index contributed by atoms with van der Waals surface area (Å²) in [6.07, 6.45) is -0.0165. The standard InChI is InChI=1S/C8H13BrO3/c1-5(2)12-8(11)4-7(9)6(3)10/h5,7H,4H2,1-3H3. The van der Waals surface area contributed by atoms with Crippen molar-refractivity contribution in [3.05, 3.63) is 0 Å². The van der Waals surface area contributed by atoms with Crippen LogP contribution in [0.15, 0.2) is 0 Å². The van der Waals surface area contributed by atoms with Crippen LogP contribution in [0.2, 0.25) is 0 Å². The summed E-state index contributed by atoms with van der Waals surface area (Å²) >= 11 is 3.08. The molecule has 0 aliphatic rings. The second kappa shape index (κ2) is 5.30. The SMILES string of the molecule is CC(=O)C(Br)CC(=O)OC(C)C. The summed E-state index contributed by atoms with van der Waals surface area (Å²) in [7, 11) is 0. The quantitative estimate of drug-likeness (QED) is 0.551. The van der Waals surface area contributed by atoms with Crippen molar-refractivity contribution < 1.29 is 14.3 Å². The second-order valence-electron chi connectivity index (χ2n) is 2.82. The van der Waals surface area contributed by atoms with E-state index < -0.39 is 4.83 Å². The number of Topliss-reactive ketones (excluding diaryl/α,β-unsaturated/α-hetero) is 1. The number of carbonyl (C=O) groups excluding carboxylic acids is 2. The van der Waals surface area contributed by atoms with E-state index in [0.29, 0.717) is 0 Å². The molecule has 0 rings (SSSR count). The Bertz CT molecular complexity index is 177. The predicted molar refractivity (Wildman–Crippen MR) is 49.2 cm³/mol. The first-order chi connectivity index (χ1) is 5.43. The third-order valence-electron chi connectivity index (χ3n) is 1.15. The number of rotatable bonds is 4. The van der Waals surface area contributed by atoms with Crippen LogP contribution >= 0.6 is 15.9 Å². The molecule has 70 valence electrons. The van der Waals surface area contributed by atoms with E-state index in [4.69, 9.17) is 4.74 Å². The molecule has 0 radical (unpaired) electrons. The molecule has 0 aliphatic carbocycles. The fourth-order valence-electron chi connectivity index (χ4n) is 0.601. The van der Waals surface area contributed by atoms with Crippen molar-refractivity contribution in [3.8, 4) is 0 Å². The Morgan fingerprint density at radius 3 is 2.25 bits per heavy atom. The lowest BCUT2D eigenvalue weighted by atomic mass is 10.2. The van der Waals surface area contributed by atoms with Gasteiger partial charge in [0, 0.05) is 0 Å². The Morgan fingerprint density at radius 2 is 1.92 bits per heavy atom. The summed E-state index contributed by atoms with van der Waals surface area (Å²) < 4.78 is 4.85. The summed E-state index contributed by atoms with van der Waals surface area (Å²) in [6, 6.07) is 0. The molecule has 0 N–H and O–H groups in total. The van der Waals surface area contributed by atoms with E-state index >= 15 is 0 Å². The molecule has 0 aromatic carbocycles. The average molecular weight is 237 g/mol.